The van der Waals surface area contributed by atoms with Gasteiger partial charge in [0.25, 0.3) is 0 Å². The molecule has 722 valence electrons. The molecule has 10 aromatic heterocycles. The van der Waals surface area contributed by atoms with Crippen LogP contribution < -0.4 is 104 Å². The van der Waals surface area contributed by atoms with Crippen LogP contribution in [0.2, 0.25) is 5.02 Å². The molecule has 0 aliphatic carbocycles. The fourth-order valence-corrected chi connectivity index (χ4v) is 14.7. The zero-order valence-corrected chi connectivity index (χ0v) is 79.4. The lowest BCUT2D eigenvalue weighted by Gasteiger charge is -2.26. The Labute approximate surface area is 817 Å². The van der Waals surface area contributed by atoms with Crippen LogP contribution in [-0.2, 0) is 4.74 Å². The number of nitrogens with one attached hydrogen (secondary N) is 8. The lowest BCUT2D eigenvalue weighted by Crippen LogP contribution is -2.37. The minimum atomic E-state index is 0.144. The van der Waals surface area contributed by atoms with Gasteiger partial charge in [0, 0.05) is 108 Å². The lowest BCUT2D eigenvalue weighted by molar-refractivity contribution is 0.0357. The van der Waals surface area contributed by atoms with E-state index in [1.54, 1.807) is 81.8 Å². The van der Waals surface area contributed by atoms with Gasteiger partial charge in [-0.15, -0.1) is 36.8 Å². The number of rotatable bonds is 32. The number of thiazole rings is 1. The molecular weight excluding hydrogens is 1840 g/mol. The van der Waals surface area contributed by atoms with E-state index in [-0.39, 0.29) is 29.7 Å². The van der Waals surface area contributed by atoms with E-state index in [0.29, 0.717) is 133 Å². The summed E-state index contributed by atoms with van der Waals surface area (Å²) in [5.74, 6) is 10.6. The molecule has 19 rings (SSSR count). The predicted molar refractivity (Wildman–Crippen MR) is 543 cm³/mol. The second-order valence-electron chi connectivity index (χ2n) is 30.2. The molecule has 0 amide bonds. The first kappa shape index (κ1) is 97.2. The molecule has 11 heterocycles. The van der Waals surface area contributed by atoms with Crippen molar-refractivity contribution in [1.29, 1.82) is 0 Å². The quantitative estimate of drug-likeness (QED) is 0.0174. The van der Waals surface area contributed by atoms with Gasteiger partial charge in [0.1, 0.15) is 59.4 Å². The van der Waals surface area contributed by atoms with Crippen LogP contribution in [0.1, 0.15) is 23.2 Å². The summed E-state index contributed by atoms with van der Waals surface area (Å²) in [5, 5.41) is 50.2. The molecule has 1 fully saturated rings. The molecule has 0 spiro atoms. The van der Waals surface area contributed by atoms with E-state index in [0.717, 1.165) is 84.8 Å². The van der Waals surface area contributed by atoms with Crippen molar-refractivity contribution in [2.75, 3.05) is 153 Å². The fourth-order valence-electron chi connectivity index (χ4n) is 13.7. The summed E-state index contributed by atoms with van der Waals surface area (Å²) in [6, 6.07) is 67.8. The number of aromatic nitrogens is 23. The average molecular weight is 1940 g/mol. The second-order valence-corrected chi connectivity index (χ2v) is 31.5. The van der Waals surface area contributed by atoms with E-state index in [1.807, 2.05) is 182 Å². The van der Waals surface area contributed by atoms with Crippen LogP contribution >= 0.6 is 22.9 Å². The second kappa shape index (κ2) is 47.2. The van der Waals surface area contributed by atoms with Crippen LogP contribution in [0, 0.1) is 20.8 Å². The van der Waals surface area contributed by atoms with Gasteiger partial charge in [0.2, 0.25) is 70.4 Å². The zero-order chi connectivity index (χ0) is 98.5. The van der Waals surface area contributed by atoms with Gasteiger partial charge in [-0.3, -0.25) is 4.90 Å². The Kier molecular flexibility index (Phi) is 32.6. The Morgan fingerprint density at radius 3 is 1.29 bits per heavy atom. The van der Waals surface area contributed by atoms with Crippen molar-refractivity contribution < 1.29 is 37.9 Å². The molecule has 18 N–H and O–H groups in total. The van der Waals surface area contributed by atoms with Gasteiger partial charge in [-0.1, -0.05) is 96.5 Å². The summed E-state index contributed by atoms with van der Waals surface area (Å²) in [6.07, 6.45) is 6.85. The maximum atomic E-state index is 6.23. The maximum Gasteiger partial charge on any atom is 0.249 e. The van der Waals surface area contributed by atoms with E-state index in [1.165, 1.54) is 74.4 Å². The third-order valence-corrected chi connectivity index (χ3v) is 21.4. The van der Waals surface area contributed by atoms with E-state index >= 15 is 0 Å². The van der Waals surface area contributed by atoms with E-state index in [4.69, 9.17) is 78.2 Å². The largest absolute Gasteiger partial charge is 0.497 e. The number of ether oxygens (including phenoxy) is 8. The maximum absolute atomic E-state index is 6.23. The first-order valence-electron chi connectivity index (χ1n) is 43.4. The zero-order valence-electron chi connectivity index (χ0n) is 77.8. The fraction of sp³-hybridized carbons (Fsp3) is 0.170. The molecule has 0 atom stereocenters. The standard InChI is InChI=1S/C22H29N7O4.C20H19ClN8O2.2C19H18N8O.C14H16N6S/c1-30-17-14-16(25-22-26-21(23)29(27-22)19-6-3-4-7-24-19)15-18(20(17)31-2)33-11-5-8-28-9-12-32-13-10-28;1-30-15-9-16(31-2)14(8-13(15)21)26-20-27-19(22)29(28-20)18-10-17(23-11-24-18)25-12-6-4-3-5-7-12;1-28-15-10-6-5-9-14(15)24-19-25-18(20)27(26-19)17-11-16(21-12-22-17)23-13-7-3-2-4-8-13;1-28-15-9-5-8-14(10-15)24-19-25-18(20)27(26-19)17-11-16(21-12-22-17)23-13-6-3-2-4-7-13;1-8-4-9(2)6-11(5-8)17-13-18-12(15)20(19-13)14-16-10(3)7-21-14/h3-4,6-7,14-15H,5,8-13H2,1-2H3,(H3,23,25,26,27);3-11H,1-2H3,(H,23,24,25)(H3,22,26,27,28);2*2-12H,1H3,(H,21,22,23)(H3,20,24,25,26);4-7H,1-3H3,(H3,15,17,18,19). The number of methoxy groups -OCH3 is 6. The Morgan fingerprint density at radius 1 is 0.362 bits per heavy atom. The number of aryl methyl sites for hydroxylation is 3. The van der Waals surface area contributed by atoms with Crippen LogP contribution in [0.4, 0.5) is 122 Å². The highest BCUT2D eigenvalue weighted by Crippen LogP contribution is 2.42. The molecule has 141 heavy (non-hydrogen) atoms. The van der Waals surface area contributed by atoms with Crippen LogP contribution in [-0.4, -0.2) is 201 Å². The topological polar surface area (TPSA) is 560 Å². The monoisotopic (exact) mass is 1940 g/mol. The molecule has 1 saturated heterocycles. The highest BCUT2D eigenvalue weighted by atomic mass is 35.5. The van der Waals surface area contributed by atoms with Crippen LogP contribution in [0.3, 0.4) is 0 Å². The molecule has 47 heteroatoms. The molecule has 1 aliphatic rings. The number of morpholine rings is 1. The Bertz CT molecular complexity index is 7120. The summed E-state index contributed by atoms with van der Waals surface area (Å²) in [5.41, 5.74) is 39.8. The Balaban J connectivity index is 0.000000134. The van der Waals surface area contributed by atoms with Gasteiger partial charge in [-0.2, -0.15) is 48.3 Å². The summed E-state index contributed by atoms with van der Waals surface area (Å²) < 4.78 is 50.9. The SMILES string of the molecule is COc1cc(Nc2nc(N)n(-c3ccccn3)n2)cc(OCCCN2CCOCC2)c1OC.COc1cc(OC)c(Nc2nc(N)n(-c3cc(Nc4ccccc4)ncn3)n2)cc1Cl.COc1cccc(Nc2nc(N)n(-c3cc(Nc4ccccc4)ncn3)n2)c1.COc1ccccc1Nc1nc(N)n(-c2cc(Nc3ccccc3)ncn2)n1.Cc1cc(C)cc(Nc2nc(N)n(-c3nc(C)cs3)n2)c1. The lowest BCUT2D eigenvalue weighted by atomic mass is 10.1. The van der Waals surface area contributed by atoms with Crippen molar-refractivity contribution in [1.82, 2.24) is 119 Å². The first-order chi connectivity index (χ1) is 68.7. The van der Waals surface area contributed by atoms with E-state index in [2.05, 4.69) is 158 Å². The number of nitrogen functional groups attached to an aromatic ring is 5. The molecule has 45 nitrogen and oxygen atoms in total. The van der Waals surface area contributed by atoms with Gasteiger partial charge >= 0.3 is 0 Å². The molecule has 18 aromatic rings. The van der Waals surface area contributed by atoms with Crippen molar-refractivity contribution in [3.8, 4) is 68.6 Å². The van der Waals surface area contributed by atoms with Crippen molar-refractivity contribution in [2.45, 2.75) is 27.2 Å². The van der Waals surface area contributed by atoms with Gasteiger partial charge in [-0.05, 0) is 129 Å². The Hall–Kier alpha value is -18.3. The minimum absolute atomic E-state index is 0.144. The number of benzene rings is 8. The van der Waals surface area contributed by atoms with Crippen LogP contribution in [0.5, 0.6) is 40.2 Å². The number of anilines is 21. The van der Waals surface area contributed by atoms with Crippen LogP contribution in [0.25, 0.3) is 28.4 Å². The minimum Gasteiger partial charge on any atom is -0.497 e. The number of nitrogens with two attached hydrogens (primary N) is 5. The number of pyridine rings is 1. The van der Waals surface area contributed by atoms with Gasteiger partial charge in [0.15, 0.2) is 34.8 Å². The molecule has 1 aliphatic heterocycles. The highest BCUT2D eigenvalue weighted by molar-refractivity contribution is 7.12. The van der Waals surface area contributed by atoms with Gasteiger partial charge < -0.3 is 109 Å². The molecule has 0 bridgehead atoms. The van der Waals surface area contributed by atoms with Gasteiger partial charge in [-0.25, -0.2) is 39.9 Å². The molecule has 0 radical (unpaired) electrons. The van der Waals surface area contributed by atoms with Crippen molar-refractivity contribution >= 4 is 145 Å². The average Bonchev–Trinajstić information content (AvgIpc) is 1.74. The number of halogens is 1. The third-order valence-electron chi connectivity index (χ3n) is 20.1. The Morgan fingerprint density at radius 2 is 0.809 bits per heavy atom. The van der Waals surface area contributed by atoms with Crippen LogP contribution in [0.15, 0.2) is 249 Å². The van der Waals surface area contributed by atoms with Crippen molar-refractivity contribution in [2.24, 2.45) is 0 Å². The number of hydrogen-bond donors (Lipinski definition) is 13. The highest BCUT2D eigenvalue weighted by Gasteiger charge is 2.23. The summed E-state index contributed by atoms with van der Waals surface area (Å²) in [6.45, 7) is 11.0. The summed E-state index contributed by atoms with van der Waals surface area (Å²) in [7, 11) is 9.44. The van der Waals surface area contributed by atoms with E-state index < -0.39 is 0 Å². The van der Waals surface area contributed by atoms with Crippen molar-refractivity contribution in [3.05, 3.63) is 271 Å². The summed E-state index contributed by atoms with van der Waals surface area (Å²) in [4.78, 5) is 57.7. The first-order valence-corrected chi connectivity index (χ1v) is 44.7. The molecular formula is C94H100ClN37O8S. The molecule has 0 saturated carbocycles. The van der Waals surface area contributed by atoms with E-state index in [9.17, 15) is 0 Å². The summed E-state index contributed by atoms with van der Waals surface area (Å²) >= 11 is 7.71. The number of nitrogens with zero attached hydrogens (tertiary/aromatic N) is 24. The predicted octanol–water partition coefficient (Wildman–Crippen LogP) is 15.1. The molecule has 8 aromatic carbocycles. The number of hydrogen-bond acceptors (Lipinski definition) is 41. The normalized spacial score (nSPS) is 11.4. The molecule has 0 unspecified atom stereocenters. The third kappa shape index (κ3) is 26.5. The smallest absolute Gasteiger partial charge is 0.249 e. The van der Waals surface area contributed by atoms with Crippen molar-refractivity contribution in [3.63, 3.8) is 0 Å². The number of para-hydroxylation sites is 5. The van der Waals surface area contributed by atoms with Gasteiger partial charge in [0.05, 0.1) is 84.6 Å².